The van der Waals surface area contributed by atoms with E-state index >= 15 is 0 Å². The van der Waals surface area contributed by atoms with E-state index in [-0.39, 0.29) is 6.04 Å². The molecule has 0 bridgehead atoms. The molecule has 0 fully saturated rings. The van der Waals surface area contributed by atoms with Crippen LogP contribution in [0.25, 0.3) is 0 Å². The van der Waals surface area contributed by atoms with E-state index < -0.39 is 0 Å². The average Bonchev–Trinajstić information content (AvgIpc) is 2.37. The second-order valence-corrected chi connectivity index (χ2v) is 4.64. The van der Waals surface area contributed by atoms with Crippen LogP contribution < -0.4 is 5.32 Å². The van der Waals surface area contributed by atoms with Crippen LogP contribution in [0.5, 0.6) is 0 Å². The third kappa shape index (κ3) is 2.77. The van der Waals surface area contributed by atoms with Crippen LogP contribution in [-0.4, -0.2) is 11.5 Å². The topological polar surface area (TPSA) is 24.9 Å². The smallest absolute Gasteiger partial charge is 0.0594 e. The first-order valence-electron chi connectivity index (χ1n) is 6.43. The fourth-order valence-corrected chi connectivity index (χ4v) is 2.26. The van der Waals surface area contributed by atoms with Gasteiger partial charge in [-0.05, 0) is 42.6 Å². The van der Waals surface area contributed by atoms with E-state index in [0.717, 1.165) is 6.54 Å². The van der Waals surface area contributed by atoms with Crippen molar-refractivity contribution in [3.05, 3.63) is 65.0 Å². The van der Waals surface area contributed by atoms with Crippen LogP contribution in [0.15, 0.2) is 42.7 Å². The van der Waals surface area contributed by atoms with E-state index in [2.05, 4.69) is 61.4 Å². The van der Waals surface area contributed by atoms with Gasteiger partial charge < -0.3 is 5.32 Å². The Morgan fingerprint density at radius 2 is 1.94 bits per heavy atom. The molecule has 0 amide bonds. The van der Waals surface area contributed by atoms with Gasteiger partial charge in [-0.15, -0.1) is 0 Å². The molecule has 0 radical (unpaired) electrons. The highest BCUT2D eigenvalue weighted by atomic mass is 14.9. The van der Waals surface area contributed by atoms with Gasteiger partial charge in [0.05, 0.1) is 6.04 Å². The highest BCUT2D eigenvalue weighted by Gasteiger charge is 2.14. The van der Waals surface area contributed by atoms with Gasteiger partial charge in [0, 0.05) is 12.4 Å². The number of aromatic nitrogens is 1. The molecule has 18 heavy (non-hydrogen) atoms. The number of rotatable bonds is 4. The molecule has 94 valence electrons. The van der Waals surface area contributed by atoms with Gasteiger partial charge in [-0.3, -0.25) is 4.98 Å². The van der Waals surface area contributed by atoms with Gasteiger partial charge >= 0.3 is 0 Å². The predicted octanol–water partition coefficient (Wildman–Crippen LogP) is 3.40. The Kier molecular flexibility index (Phi) is 4.11. The standard InChI is InChI=1S/C16H20N2/c1-4-18-16(14-9-12(2)10-17-11-14)15-8-6-5-7-13(15)3/h5-11,16,18H,4H2,1-3H3. The summed E-state index contributed by atoms with van der Waals surface area (Å²) in [4.78, 5) is 4.30. The van der Waals surface area contributed by atoms with Crippen molar-refractivity contribution in [3.63, 3.8) is 0 Å². The summed E-state index contributed by atoms with van der Waals surface area (Å²) in [5, 5.41) is 3.54. The summed E-state index contributed by atoms with van der Waals surface area (Å²) in [5.41, 5.74) is 5.06. The van der Waals surface area contributed by atoms with Crippen molar-refractivity contribution >= 4 is 0 Å². The van der Waals surface area contributed by atoms with Crippen LogP contribution in [0.1, 0.15) is 35.2 Å². The maximum Gasteiger partial charge on any atom is 0.0594 e. The van der Waals surface area contributed by atoms with Gasteiger partial charge in [0.15, 0.2) is 0 Å². The van der Waals surface area contributed by atoms with E-state index in [1.165, 1.54) is 22.3 Å². The first kappa shape index (κ1) is 12.8. The fraction of sp³-hybridized carbons (Fsp3) is 0.312. The van der Waals surface area contributed by atoms with Crippen molar-refractivity contribution in [2.24, 2.45) is 0 Å². The quantitative estimate of drug-likeness (QED) is 0.886. The number of aryl methyl sites for hydroxylation is 2. The lowest BCUT2D eigenvalue weighted by atomic mass is 9.95. The van der Waals surface area contributed by atoms with Gasteiger partial charge in [-0.1, -0.05) is 37.3 Å². The van der Waals surface area contributed by atoms with Crippen LogP contribution in [-0.2, 0) is 0 Å². The largest absolute Gasteiger partial charge is 0.306 e. The molecule has 2 nitrogen and oxygen atoms in total. The lowest BCUT2D eigenvalue weighted by Gasteiger charge is -2.20. The SMILES string of the molecule is CCNC(c1cncc(C)c1)c1ccccc1C. The molecule has 1 N–H and O–H groups in total. The minimum absolute atomic E-state index is 0.226. The molecule has 2 heteroatoms. The van der Waals surface area contributed by atoms with E-state index in [4.69, 9.17) is 0 Å². The Morgan fingerprint density at radius 1 is 1.17 bits per heavy atom. The number of nitrogens with one attached hydrogen (secondary N) is 1. The van der Waals surface area contributed by atoms with Crippen LogP contribution in [0.3, 0.4) is 0 Å². The molecule has 2 rings (SSSR count). The first-order chi connectivity index (χ1) is 8.72. The van der Waals surface area contributed by atoms with Crippen molar-refractivity contribution in [3.8, 4) is 0 Å². The molecule has 0 aliphatic carbocycles. The summed E-state index contributed by atoms with van der Waals surface area (Å²) in [7, 11) is 0. The Balaban J connectivity index is 2.43. The minimum atomic E-state index is 0.226. The molecule has 0 aliphatic heterocycles. The second kappa shape index (κ2) is 5.78. The fourth-order valence-electron chi connectivity index (χ4n) is 2.26. The van der Waals surface area contributed by atoms with Gasteiger partial charge in [0.1, 0.15) is 0 Å². The van der Waals surface area contributed by atoms with Crippen molar-refractivity contribution in [1.82, 2.24) is 10.3 Å². The number of nitrogens with zero attached hydrogens (tertiary/aromatic N) is 1. The molecular formula is C16H20N2. The number of hydrogen-bond acceptors (Lipinski definition) is 2. The molecule has 0 saturated carbocycles. The van der Waals surface area contributed by atoms with E-state index in [1.54, 1.807) is 0 Å². The van der Waals surface area contributed by atoms with Gasteiger partial charge in [0.25, 0.3) is 0 Å². The number of pyridine rings is 1. The van der Waals surface area contributed by atoms with Gasteiger partial charge in [0.2, 0.25) is 0 Å². The minimum Gasteiger partial charge on any atom is -0.306 e. The molecule has 1 atom stereocenters. The first-order valence-corrected chi connectivity index (χ1v) is 6.43. The van der Waals surface area contributed by atoms with Crippen molar-refractivity contribution in [2.75, 3.05) is 6.54 Å². The van der Waals surface area contributed by atoms with Crippen LogP contribution in [0, 0.1) is 13.8 Å². The monoisotopic (exact) mass is 240 g/mol. The third-order valence-electron chi connectivity index (χ3n) is 3.14. The lowest BCUT2D eigenvalue weighted by Crippen LogP contribution is -2.23. The Bertz CT molecular complexity index is 520. The van der Waals surface area contributed by atoms with Gasteiger partial charge in [-0.25, -0.2) is 0 Å². The summed E-state index contributed by atoms with van der Waals surface area (Å²) < 4.78 is 0. The zero-order chi connectivity index (χ0) is 13.0. The molecule has 0 aliphatic rings. The zero-order valence-electron chi connectivity index (χ0n) is 11.3. The summed E-state index contributed by atoms with van der Waals surface area (Å²) in [6, 6.07) is 10.9. The molecule has 0 spiro atoms. The van der Waals surface area contributed by atoms with Crippen molar-refractivity contribution in [1.29, 1.82) is 0 Å². The van der Waals surface area contributed by atoms with Crippen LogP contribution in [0.4, 0.5) is 0 Å². The highest BCUT2D eigenvalue weighted by molar-refractivity contribution is 5.36. The predicted molar refractivity (Wildman–Crippen MR) is 75.7 cm³/mol. The second-order valence-electron chi connectivity index (χ2n) is 4.64. The van der Waals surface area contributed by atoms with Crippen LogP contribution in [0.2, 0.25) is 0 Å². The van der Waals surface area contributed by atoms with Crippen LogP contribution >= 0.6 is 0 Å². The highest BCUT2D eigenvalue weighted by Crippen LogP contribution is 2.24. The molecular weight excluding hydrogens is 220 g/mol. The molecule has 1 aromatic heterocycles. The van der Waals surface area contributed by atoms with E-state index in [1.807, 2.05) is 12.4 Å². The Morgan fingerprint density at radius 3 is 2.61 bits per heavy atom. The van der Waals surface area contributed by atoms with E-state index in [9.17, 15) is 0 Å². The normalized spacial score (nSPS) is 12.4. The Hall–Kier alpha value is -1.67. The van der Waals surface area contributed by atoms with Gasteiger partial charge in [-0.2, -0.15) is 0 Å². The van der Waals surface area contributed by atoms with E-state index in [0.29, 0.717) is 0 Å². The summed E-state index contributed by atoms with van der Waals surface area (Å²) >= 11 is 0. The molecule has 2 aromatic rings. The molecule has 1 heterocycles. The summed E-state index contributed by atoms with van der Waals surface area (Å²) in [6.07, 6.45) is 3.84. The average molecular weight is 240 g/mol. The number of hydrogen-bond donors (Lipinski definition) is 1. The molecule has 0 saturated heterocycles. The van der Waals surface area contributed by atoms with Crippen molar-refractivity contribution < 1.29 is 0 Å². The zero-order valence-corrected chi connectivity index (χ0v) is 11.3. The third-order valence-corrected chi connectivity index (χ3v) is 3.14. The Labute approximate surface area is 109 Å². The van der Waals surface area contributed by atoms with Crippen molar-refractivity contribution in [2.45, 2.75) is 26.8 Å². The maximum atomic E-state index is 4.30. The number of benzene rings is 1. The summed E-state index contributed by atoms with van der Waals surface area (Å²) in [5.74, 6) is 0. The summed E-state index contributed by atoms with van der Waals surface area (Å²) in [6.45, 7) is 7.31. The molecule has 1 unspecified atom stereocenters. The molecule has 1 aromatic carbocycles. The lowest BCUT2D eigenvalue weighted by molar-refractivity contribution is 0.625. The maximum absolute atomic E-state index is 4.30.